The minimum absolute atomic E-state index is 0.125. The number of halogens is 1. The van der Waals surface area contributed by atoms with E-state index in [1.807, 2.05) is 0 Å². The molecule has 0 amide bonds. The quantitative estimate of drug-likeness (QED) is 0.434. The molecule has 0 aromatic carbocycles. The third kappa shape index (κ3) is 120. The van der Waals surface area contributed by atoms with Crippen LogP contribution < -0.4 is 0 Å². The molecule has 0 fully saturated rings. The Bertz CT molecular complexity index is 27.7. The van der Waals surface area contributed by atoms with Crippen LogP contribution in [0, 0.1) is 0 Å². The van der Waals surface area contributed by atoms with E-state index in [9.17, 15) is 0 Å². The number of hydrogen-bond acceptors (Lipinski definition) is 3. The number of hydrogen-bond donors (Lipinski definition) is 3. The van der Waals surface area contributed by atoms with Gasteiger partial charge in [0.25, 0.3) is 0 Å². The van der Waals surface area contributed by atoms with Crippen molar-refractivity contribution in [2.75, 3.05) is 13.2 Å². The Morgan fingerprint density at radius 3 is 1.50 bits per heavy atom. The first-order chi connectivity index (χ1) is 3.65. The van der Waals surface area contributed by atoms with Crippen molar-refractivity contribution in [2.24, 2.45) is 0 Å². The SMILES string of the molecule is CC(O)Cl.OCCO. The van der Waals surface area contributed by atoms with Crippen LogP contribution >= 0.6 is 11.6 Å². The molecule has 0 aliphatic rings. The second-order valence-electron chi connectivity index (χ2n) is 1.02. The number of rotatable bonds is 1. The molecule has 0 rings (SSSR count). The first-order valence-electron chi connectivity index (χ1n) is 2.19. The van der Waals surface area contributed by atoms with Crippen LogP contribution in [-0.2, 0) is 0 Å². The van der Waals surface area contributed by atoms with Crippen LogP contribution in [-0.4, -0.2) is 34.1 Å². The molecule has 0 saturated heterocycles. The van der Waals surface area contributed by atoms with Gasteiger partial charge in [-0.1, -0.05) is 11.6 Å². The van der Waals surface area contributed by atoms with E-state index >= 15 is 0 Å². The summed E-state index contributed by atoms with van der Waals surface area (Å²) in [5.74, 6) is 0. The van der Waals surface area contributed by atoms with Gasteiger partial charge in [0.2, 0.25) is 0 Å². The zero-order chi connectivity index (χ0) is 6.99. The largest absolute Gasteiger partial charge is 0.394 e. The van der Waals surface area contributed by atoms with Crippen molar-refractivity contribution >= 4 is 11.6 Å². The summed E-state index contributed by atoms with van der Waals surface area (Å²) in [7, 11) is 0. The van der Waals surface area contributed by atoms with Gasteiger partial charge in [-0.2, -0.15) is 0 Å². The van der Waals surface area contributed by atoms with Gasteiger partial charge in [-0.15, -0.1) is 0 Å². The Hall–Kier alpha value is 0.170. The summed E-state index contributed by atoms with van der Waals surface area (Å²) >= 11 is 4.83. The molecule has 1 atom stereocenters. The molecule has 0 aliphatic carbocycles. The Morgan fingerprint density at radius 2 is 1.50 bits per heavy atom. The predicted molar refractivity (Wildman–Crippen MR) is 31.7 cm³/mol. The van der Waals surface area contributed by atoms with Gasteiger partial charge in [-0.25, -0.2) is 0 Å². The molecule has 0 saturated carbocycles. The highest BCUT2D eigenvalue weighted by atomic mass is 35.5. The second kappa shape index (κ2) is 10.2. The molecule has 0 aromatic heterocycles. The fourth-order valence-electron chi connectivity index (χ4n) is 0. The molecule has 0 aliphatic heterocycles. The first kappa shape index (κ1) is 11.0. The Morgan fingerprint density at radius 1 is 1.38 bits per heavy atom. The van der Waals surface area contributed by atoms with E-state index < -0.39 is 5.56 Å². The highest BCUT2D eigenvalue weighted by Crippen LogP contribution is 1.79. The van der Waals surface area contributed by atoms with Gasteiger partial charge in [0.15, 0.2) is 0 Å². The van der Waals surface area contributed by atoms with E-state index in [1.54, 1.807) is 0 Å². The lowest BCUT2D eigenvalue weighted by Crippen LogP contribution is -1.85. The van der Waals surface area contributed by atoms with Crippen molar-refractivity contribution in [1.82, 2.24) is 0 Å². The fraction of sp³-hybridized carbons (Fsp3) is 1.00. The van der Waals surface area contributed by atoms with Crippen molar-refractivity contribution < 1.29 is 15.3 Å². The maximum atomic E-state index is 7.82. The molecule has 0 spiro atoms. The summed E-state index contributed by atoms with van der Waals surface area (Å²) in [5.41, 5.74) is -0.694. The van der Waals surface area contributed by atoms with Gasteiger partial charge in [0.05, 0.1) is 13.2 Å². The molecule has 0 heterocycles. The van der Waals surface area contributed by atoms with Crippen molar-refractivity contribution in [1.29, 1.82) is 0 Å². The number of aliphatic hydroxyl groups is 3. The number of aliphatic hydroxyl groups excluding tert-OH is 3. The average molecular weight is 143 g/mol. The average Bonchev–Trinajstić information content (AvgIpc) is 1.65. The van der Waals surface area contributed by atoms with E-state index in [1.165, 1.54) is 6.92 Å². The van der Waals surface area contributed by atoms with E-state index in [0.717, 1.165) is 0 Å². The summed E-state index contributed by atoms with van der Waals surface area (Å²) in [5, 5.41) is 23.1. The fourth-order valence-corrected chi connectivity index (χ4v) is 0. The summed E-state index contributed by atoms with van der Waals surface area (Å²) in [6.07, 6.45) is 0. The molecule has 1 unspecified atom stereocenters. The number of alkyl halides is 1. The summed E-state index contributed by atoms with van der Waals surface area (Å²) in [6, 6.07) is 0. The lowest BCUT2D eigenvalue weighted by Gasteiger charge is -1.77. The molecule has 0 bridgehead atoms. The topological polar surface area (TPSA) is 60.7 Å². The van der Waals surface area contributed by atoms with E-state index in [-0.39, 0.29) is 13.2 Å². The maximum absolute atomic E-state index is 7.82. The zero-order valence-electron chi connectivity index (χ0n) is 4.71. The van der Waals surface area contributed by atoms with E-state index in [2.05, 4.69) is 0 Å². The lowest BCUT2D eigenvalue weighted by atomic mass is 10.8. The Labute approximate surface area is 53.5 Å². The van der Waals surface area contributed by atoms with Crippen molar-refractivity contribution in [3.63, 3.8) is 0 Å². The summed E-state index contributed by atoms with van der Waals surface area (Å²) in [6.45, 7) is 1.24. The molecule has 0 aromatic rings. The van der Waals surface area contributed by atoms with Gasteiger partial charge in [0.1, 0.15) is 5.56 Å². The molecule has 0 radical (unpaired) electrons. The summed E-state index contributed by atoms with van der Waals surface area (Å²) in [4.78, 5) is 0. The highest BCUT2D eigenvalue weighted by Gasteiger charge is 1.72. The first-order valence-corrected chi connectivity index (χ1v) is 2.62. The molecule has 3 nitrogen and oxygen atoms in total. The molecular formula is C4H11ClO3. The van der Waals surface area contributed by atoms with Crippen molar-refractivity contribution in [2.45, 2.75) is 12.5 Å². The van der Waals surface area contributed by atoms with E-state index in [4.69, 9.17) is 26.9 Å². The minimum Gasteiger partial charge on any atom is -0.394 e. The second-order valence-corrected chi connectivity index (χ2v) is 1.65. The van der Waals surface area contributed by atoms with E-state index in [0.29, 0.717) is 0 Å². The third-order valence-corrected chi connectivity index (χ3v) is 0.1000. The summed E-state index contributed by atoms with van der Waals surface area (Å²) < 4.78 is 0. The molecule has 8 heavy (non-hydrogen) atoms. The zero-order valence-corrected chi connectivity index (χ0v) is 5.47. The normalized spacial score (nSPS) is 11.6. The van der Waals surface area contributed by atoms with Crippen LogP contribution in [0.4, 0.5) is 0 Å². The van der Waals surface area contributed by atoms with Crippen LogP contribution in [0.5, 0.6) is 0 Å². The lowest BCUT2D eigenvalue weighted by molar-refractivity contribution is 0.186. The minimum atomic E-state index is -0.694. The van der Waals surface area contributed by atoms with Crippen LogP contribution in [0.2, 0.25) is 0 Å². The van der Waals surface area contributed by atoms with Gasteiger partial charge < -0.3 is 15.3 Å². The van der Waals surface area contributed by atoms with Gasteiger partial charge in [-0.05, 0) is 6.92 Å². The van der Waals surface area contributed by atoms with Gasteiger partial charge in [0, 0.05) is 0 Å². The Balaban J connectivity index is 0. The standard InChI is InChI=1S/C2H5ClO.C2H6O2/c1-2(3)4;3-1-2-4/h2,4H,1H3;3-4H,1-2H2. The predicted octanol–water partition coefficient (Wildman–Crippen LogP) is -0.465. The molecule has 52 valence electrons. The Kier molecular flexibility index (Phi) is 14.1. The monoisotopic (exact) mass is 142 g/mol. The smallest absolute Gasteiger partial charge is 0.125 e. The van der Waals surface area contributed by atoms with Crippen LogP contribution in [0.25, 0.3) is 0 Å². The van der Waals surface area contributed by atoms with Crippen LogP contribution in [0.3, 0.4) is 0 Å². The third-order valence-electron chi connectivity index (χ3n) is 0.1000. The van der Waals surface area contributed by atoms with Crippen molar-refractivity contribution in [3.8, 4) is 0 Å². The highest BCUT2D eigenvalue weighted by molar-refractivity contribution is 6.19. The van der Waals surface area contributed by atoms with Crippen molar-refractivity contribution in [3.05, 3.63) is 0 Å². The van der Waals surface area contributed by atoms with Crippen LogP contribution in [0.1, 0.15) is 6.92 Å². The molecule has 3 N–H and O–H groups in total. The van der Waals surface area contributed by atoms with Gasteiger partial charge in [-0.3, -0.25) is 0 Å². The molecular weight excluding hydrogens is 131 g/mol. The van der Waals surface area contributed by atoms with Gasteiger partial charge >= 0.3 is 0 Å². The maximum Gasteiger partial charge on any atom is 0.125 e. The van der Waals surface area contributed by atoms with Crippen LogP contribution in [0.15, 0.2) is 0 Å². The molecule has 4 heteroatoms.